The van der Waals surface area contributed by atoms with Gasteiger partial charge in [-0.3, -0.25) is 9.59 Å². The van der Waals surface area contributed by atoms with Crippen LogP contribution in [0.5, 0.6) is 0 Å². The van der Waals surface area contributed by atoms with Gasteiger partial charge in [-0.1, -0.05) is 43.2 Å². The lowest BCUT2D eigenvalue weighted by molar-refractivity contribution is -0.139. The second-order valence-electron chi connectivity index (χ2n) is 6.79. The maximum absolute atomic E-state index is 12.2. The molecular formula is C18H25NO5S. The second-order valence-corrected chi connectivity index (χ2v) is 8.97. The highest BCUT2D eigenvalue weighted by Crippen LogP contribution is 2.32. The zero-order valence-electron chi connectivity index (χ0n) is 14.2. The van der Waals surface area contributed by atoms with E-state index in [0.717, 1.165) is 18.4 Å². The lowest BCUT2D eigenvalue weighted by Gasteiger charge is -2.28. The average molecular weight is 367 g/mol. The van der Waals surface area contributed by atoms with Crippen LogP contribution in [0.15, 0.2) is 30.3 Å². The number of amides is 1. The van der Waals surface area contributed by atoms with Gasteiger partial charge in [0.2, 0.25) is 5.91 Å². The second kappa shape index (κ2) is 8.47. The molecule has 0 aromatic heterocycles. The standard InChI is InChI=1S/C18H25NO5S/c20-16(19-18(13-17(21)22)10-4-5-11-18)14-25(23,24)12-6-9-15-7-2-1-3-8-15/h1-3,7-8H,4-6,9-14H2,(H,19,20)(H,21,22). The average Bonchev–Trinajstić information content (AvgIpc) is 2.94. The zero-order chi connectivity index (χ0) is 18.3. The van der Waals surface area contributed by atoms with Crippen molar-refractivity contribution >= 4 is 21.7 Å². The largest absolute Gasteiger partial charge is 0.481 e. The Balaban J connectivity index is 1.84. The Morgan fingerprint density at radius 3 is 2.36 bits per heavy atom. The van der Waals surface area contributed by atoms with Crippen molar-refractivity contribution in [2.45, 2.75) is 50.5 Å². The summed E-state index contributed by atoms with van der Waals surface area (Å²) in [5, 5.41) is 11.7. The van der Waals surface area contributed by atoms with Gasteiger partial charge in [-0.15, -0.1) is 0 Å². The number of benzene rings is 1. The number of nitrogens with one attached hydrogen (secondary N) is 1. The Labute approximate surface area is 148 Å². The van der Waals surface area contributed by atoms with E-state index in [0.29, 0.717) is 25.7 Å². The van der Waals surface area contributed by atoms with Crippen LogP contribution in [-0.2, 0) is 25.8 Å². The van der Waals surface area contributed by atoms with Crippen LogP contribution in [0, 0.1) is 0 Å². The summed E-state index contributed by atoms with van der Waals surface area (Å²) in [7, 11) is -3.51. The summed E-state index contributed by atoms with van der Waals surface area (Å²) >= 11 is 0. The molecule has 0 unspecified atom stereocenters. The Kier molecular flexibility index (Phi) is 6.58. The lowest BCUT2D eigenvalue weighted by atomic mass is 9.93. The first kappa shape index (κ1) is 19.4. The number of hydrogen-bond acceptors (Lipinski definition) is 4. The number of rotatable bonds is 9. The van der Waals surface area contributed by atoms with Crippen LogP contribution in [0.3, 0.4) is 0 Å². The van der Waals surface area contributed by atoms with Gasteiger partial charge < -0.3 is 10.4 Å². The molecule has 1 aliphatic carbocycles. The summed E-state index contributed by atoms with van der Waals surface area (Å²) in [6, 6.07) is 9.59. The van der Waals surface area contributed by atoms with E-state index in [9.17, 15) is 18.0 Å². The number of carboxylic acids is 1. The van der Waals surface area contributed by atoms with Gasteiger partial charge in [-0.05, 0) is 31.2 Å². The number of sulfone groups is 1. The van der Waals surface area contributed by atoms with Crippen molar-refractivity contribution in [1.82, 2.24) is 5.32 Å². The molecule has 25 heavy (non-hydrogen) atoms. The monoisotopic (exact) mass is 367 g/mol. The molecule has 6 nitrogen and oxygen atoms in total. The topological polar surface area (TPSA) is 101 Å². The van der Waals surface area contributed by atoms with Gasteiger partial charge in [0, 0.05) is 0 Å². The van der Waals surface area contributed by atoms with Crippen molar-refractivity contribution in [3.05, 3.63) is 35.9 Å². The summed E-state index contributed by atoms with van der Waals surface area (Å²) < 4.78 is 24.3. The molecule has 1 amide bonds. The normalized spacial score (nSPS) is 16.5. The van der Waals surface area contributed by atoms with Gasteiger partial charge in [-0.25, -0.2) is 8.42 Å². The predicted octanol–water partition coefficient (Wildman–Crippen LogP) is 1.94. The van der Waals surface area contributed by atoms with Crippen molar-refractivity contribution in [2.24, 2.45) is 0 Å². The molecule has 0 aliphatic heterocycles. The first-order chi connectivity index (χ1) is 11.8. The highest BCUT2D eigenvalue weighted by molar-refractivity contribution is 7.92. The summed E-state index contributed by atoms with van der Waals surface area (Å²) in [4.78, 5) is 23.2. The molecule has 1 aliphatic rings. The van der Waals surface area contributed by atoms with Crippen molar-refractivity contribution < 1.29 is 23.1 Å². The number of carbonyl (C=O) groups is 2. The quantitative estimate of drug-likeness (QED) is 0.695. The lowest BCUT2D eigenvalue weighted by Crippen LogP contribution is -2.49. The van der Waals surface area contributed by atoms with Gasteiger partial charge in [-0.2, -0.15) is 0 Å². The Bertz CT molecular complexity index is 693. The van der Waals surface area contributed by atoms with Crippen molar-refractivity contribution in [3.8, 4) is 0 Å². The molecule has 1 fully saturated rings. The van der Waals surface area contributed by atoms with E-state index in [1.54, 1.807) is 0 Å². The summed E-state index contributed by atoms with van der Waals surface area (Å²) in [5.41, 5.74) is 0.274. The molecule has 0 bridgehead atoms. The van der Waals surface area contributed by atoms with Crippen molar-refractivity contribution in [1.29, 1.82) is 0 Å². The van der Waals surface area contributed by atoms with E-state index in [1.165, 1.54) is 0 Å². The molecule has 0 saturated heterocycles. The van der Waals surface area contributed by atoms with Gasteiger partial charge in [0.05, 0.1) is 17.7 Å². The van der Waals surface area contributed by atoms with Crippen molar-refractivity contribution in [2.75, 3.05) is 11.5 Å². The molecule has 1 aromatic rings. The van der Waals surface area contributed by atoms with Crippen LogP contribution in [0.2, 0.25) is 0 Å². The molecule has 138 valence electrons. The molecule has 0 heterocycles. The Morgan fingerprint density at radius 2 is 1.76 bits per heavy atom. The molecular weight excluding hydrogens is 342 g/mol. The highest BCUT2D eigenvalue weighted by Gasteiger charge is 2.38. The van der Waals surface area contributed by atoms with Crippen LogP contribution in [0.4, 0.5) is 0 Å². The Morgan fingerprint density at radius 1 is 1.12 bits per heavy atom. The van der Waals surface area contributed by atoms with Gasteiger partial charge in [0.25, 0.3) is 0 Å². The molecule has 0 radical (unpaired) electrons. The third-order valence-electron chi connectivity index (χ3n) is 4.57. The minimum absolute atomic E-state index is 0.0543. The molecule has 7 heteroatoms. The fraction of sp³-hybridized carbons (Fsp3) is 0.556. The van der Waals surface area contributed by atoms with Gasteiger partial charge in [0.15, 0.2) is 9.84 Å². The van der Waals surface area contributed by atoms with E-state index in [-0.39, 0.29) is 12.2 Å². The predicted molar refractivity (Wildman–Crippen MR) is 95.0 cm³/mol. The van der Waals surface area contributed by atoms with Gasteiger partial charge in [0.1, 0.15) is 5.75 Å². The highest BCUT2D eigenvalue weighted by atomic mass is 32.2. The van der Waals surface area contributed by atoms with E-state index in [4.69, 9.17) is 5.11 Å². The zero-order valence-corrected chi connectivity index (χ0v) is 15.1. The van der Waals surface area contributed by atoms with Crippen LogP contribution < -0.4 is 5.32 Å². The minimum Gasteiger partial charge on any atom is -0.481 e. The summed E-state index contributed by atoms with van der Waals surface area (Å²) in [6.45, 7) is 0. The number of aliphatic carboxylic acids is 1. The fourth-order valence-electron chi connectivity index (χ4n) is 3.43. The SMILES string of the molecule is O=C(O)CC1(NC(=O)CS(=O)(=O)CCCc2ccccc2)CCCC1. The van der Waals surface area contributed by atoms with Crippen LogP contribution >= 0.6 is 0 Å². The van der Waals surface area contributed by atoms with E-state index in [2.05, 4.69) is 5.32 Å². The number of hydrogen-bond donors (Lipinski definition) is 2. The van der Waals surface area contributed by atoms with Crippen LogP contribution in [0.1, 0.15) is 44.1 Å². The molecule has 0 spiro atoms. The molecule has 1 saturated carbocycles. The third kappa shape index (κ3) is 6.49. The first-order valence-electron chi connectivity index (χ1n) is 8.57. The third-order valence-corrected chi connectivity index (χ3v) is 6.18. The number of carbonyl (C=O) groups excluding carboxylic acids is 1. The maximum Gasteiger partial charge on any atom is 0.305 e. The number of aryl methyl sites for hydroxylation is 1. The maximum atomic E-state index is 12.2. The smallest absolute Gasteiger partial charge is 0.305 e. The molecule has 0 atom stereocenters. The van der Waals surface area contributed by atoms with Crippen LogP contribution in [0.25, 0.3) is 0 Å². The van der Waals surface area contributed by atoms with E-state index >= 15 is 0 Å². The minimum atomic E-state index is -3.51. The van der Waals surface area contributed by atoms with Crippen molar-refractivity contribution in [3.63, 3.8) is 0 Å². The van der Waals surface area contributed by atoms with Gasteiger partial charge >= 0.3 is 5.97 Å². The molecule has 1 aromatic carbocycles. The molecule has 2 N–H and O–H groups in total. The summed E-state index contributed by atoms with van der Waals surface area (Å²) in [6.07, 6.45) is 3.80. The molecule has 2 rings (SSSR count). The fourth-order valence-corrected chi connectivity index (χ4v) is 4.63. The van der Waals surface area contributed by atoms with E-state index < -0.39 is 33.0 Å². The van der Waals surface area contributed by atoms with E-state index in [1.807, 2.05) is 30.3 Å². The van der Waals surface area contributed by atoms with Crippen LogP contribution in [-0.4, -0.2) is 42.4 Å². The summed E-state index contributed by atoms with van der Waals surface area (Å²) in [5.74, 6) is -2.21. The number of carboxylic acid groups (broad SMARTS) is 1. The Hall–Kier alpha value is -1.89. The first-order valence-corrected chi connectivity index (χ1v) is 10.4.